The Morgan fingerprint density at radius 3 is 2.45 bits per heavy atom. The van der Waals surface area contributed by atoms with E-state index in [1.807, 2.05) is 0 Å². The van der Waals surface area contributed by atoms with Gasteiger partial charge in [-0.1, -0.05) is 0 Å². The number of rotatable bonds is 2. The number of ether oxygens (including phenoxy) is 2. The predicted octanol–water partition coefficient (Wildman–Crippen LogP) is 3.31. The second-order valence-corrected chi connectivity index (χ2v) is 4.12. The fourth-order valence-electron chi connectivity index (χ4n) is 1.88. The highest BCUT2D eigenvalue weighted by Crippen LogP contribution is 2.35. The van der Waals surface area contributed by atoms with Crippen LogP contribution in [0, 0.1) is 23.0 Å². The Morgan fingerprint density at radius 1 is 1.05 bits per heavy atom. The van der Waals surface area contributed by atoms with Crippen LogP contribution < -0.4 is 14.8 Å². The molecule has 1 aliphatic heterocycles. The standard InChI is InChI=1S/C14H8F2N2O2/c15-10-3-8(6-17)4-11(16)14(10)18-9-1-2-12-13(5-9)20-7-19-12/h1-5,18H,7H2. The lowest BCUT2D eigenvalue weighted by atomic mass is 10.2. The summed E-state index contributed by atoms with van der Waals surface area (Å²) in [5, 5.41) is 11.3. The predicted molar refractivity (Wildman–Crippen MR) is 66.9 cm³/mol. The maximum atomic E-state index is 13.7. The van der Waals surface area contributed by atoms with E-state index in [4.69, 9.17) is 14.7 Å². The topological polar surface area (TPSA) is 54.3 Å². The van der Waals surface area contributed by atoms with Crippen molar-refractivity contribution in [2.45, 2.75) is 0 Å². The Labute approximate surface area is 113 Å². The Hall–Kier alpha value is -2.81. The van der Waals surface area contributed by atoms with Gasteiger partial charge in [-0.2, -0.15) is 5.26 Å². The Bertz CT molecular complexity index is 703. The molecule has 2 aromatic rings. The van der Waals surface area contributed by atoms with Crippen LogP contribution in [-0.4, -0.2) is 6.79 Å². The van der Waals surface area contributed by atoms with Gasteiger partial charge in [0.15, 0.2) is 23.1 Å². The number of fused-ring (bicyclic) bond motifs is 1. The number of halogens is 2. The van der Waals surface area contributed by atoms with Crippen LogP contribution >= 0.6 is 0 Å². The van der Waals surface area contributed by atoms with Crippen molar-refractivity contribution in [2.24, 2.45) is 0 Å². The van der Waals surface area contributed by atoms with Crippen LogP contribution in [0.5, 0.6) is 11.5 Å². The number of nitrogens with one attached hydrogen (secondary N) is 1. The minimum absolute atomic E-state index is 0.0729. The quantitative estimate of drug-likeness (QED) is 0.912. The zero-order chi connectivity index (χ0) is 14.1. The monoisotopic (exact) mass is 274 g/mol. The van der Waals surface area contributed by atoms with Crippen molar-refractivity contribution in [3.63, 3.8) is 0 Å². The summed E-state index contributed by atoms with van der Waals surface area (Å²) in [5.74, 6) is -0.584. The summed E-state index contributed by atoms with van der Waals surface area (Å²) in [7, 11) is 0. The van der Waals surface area contributed by atoms with Gasteiger partial charge in [0.05, 0.1) is 11.6 Å². The molecular weight excluding hydrogens is 266 g/mol. The van der Waals surface area contributed by atoms with E-state index in [0.717, 1.165) is 12.1 Å². The number of nitrogens with zero attached hydrogens (tertiary/aromatic N) is 1. The fraction of sp³-hybridized carbons (Fsp3) is 0.0714. The number of anilines is 2. The van der Waals surface area contributed by atoms with Crippen molar-refractivity contribution >= 4 is 11.4 Å². The van der Waals surface area contributed by atoms with Gasteiger partial charge in [-0.05, 0) is 24.3 Å². The lowest BCUT2D eigenvalue weighted by molar-refractivity contribution is 0.174. The van der Waals surface area contributed by atoms with E-state index in [-0.39, 0.29) is 18.0 Å². The molecule has 0 aromatic heterocycles. The molecule has 6 heteroatoms. The average Bonchev–Trinajstić information content (AvgIpc) is 2.90. The molecule has 2 aromatic carbocycles. The maximum Gasteiger partial charge on any atom is 0.231 e. The highest BCUT2D eigenvalue weighted by atomic mass is 19.1. The van der Waals surface area contributed by atoms with Crippen LogP contribution in [-0.2, 0) is 0 Å². The normalized spacial score (nSPS) is 12.1. The van der Waals surface area contributed by atoms with Gasteiger partial charge < -0.3 is 14.8 Å². The molecule has 3 rings (SSSR count). The van der Waals surface area contributed by atoms with Crippen molar-refractivity contribution < 1.29 is 18.3 Å². The van der Waals surface area contributed by atoms with E-state index in [1.54, 1.807) is 24.3 Å². The Kier molecular flexibility index (Phi) is 2.88. The minimum Gasteiger partial charge on any atom is -0.454 e. The largest absolute Gasteiger partial charge is 0.454 e. The number of benzene rings is 2. The third-order valence-corrected chi connectivity index (χ3v) is 2.81. The second kappa shape index (κ2) is 4.70. The molecule has 1 heterocycles. The van der Waals surface area contributed by atoms with Crippen LogP contribution in [0.4, 0.5) is 20.2 Å². The summed E-state index contributed by atoms with van der Waals surface area (Å²) >= 11 is 0. The summed E-state index contributed by atoms with van der Waals surface area (Å²) in [5.41, 5.74) is 0.0656. The molecule has 0 atom stereocenters. The van der Waals surface area contributed by atoms with Crippen LogP contribution in [0.25, 0.3) is 0 Å². The van der Waals surface area contributed by atoms with E-state index < -0.39 is 11.6 Å². The highest BCUT2D eigenvalue weighted by Gasteiger charge is 2.15. The minimum atomic E-state index is -0.834. The summed E-state index contributed by atoms with van der Waals surface area (Å²) in [6, 6.07) is 8.47. The van der Waals surface area contributed by atoms with Gasteiger partial charge in [-0.25, -0.2) is 8.78 Å². The zero-order valence-electron chi connectivity index (χ0n) is 10.1. The molecule has 0 saturated carbocycles. The van der Waals surface area contributed by atoms with Gasteiger partial charge in [0.25, 0.3) is 0 Å². The lowest BCUT2D eigenvalue weighted by Crippen LogP contribution is -1.98. The van der Waals surface area contributed by atoms with Crippen molar-refractivity contribution in [3.8, 4) is 17.6 Å². The van der Waals surface area contributed by atoms with E-state index in [0.29, 0.717) is 17.2 Å². The molecule has 0 fully saturated rings. The van der Waals surface area contributed by atoms with E-state index in [1.165, 1.54) is 0 Å². The number of nitriles is 1. The molecule has 20 heavy (non-hydrogen) atoms. The lowest BCUT2D eigenvalue weighted by Gasteiger charge is -2.09. The summed E-state index contributed by atoms with van der Waals surface area (Å²) < 4.78 is 37.8. The Balaban J connectivity index is 1.94. The number of hydrogen-bond acceptors (Lipinski definition) is 4. The van der Waals surface area contributed by atoms with Crippen LogP contribution in [0.1, 0.15) is 5.56 Å². The molecule has 0 aliphatic carbocycles. The summed E-state index contributed by atoms with van der Waals surface area (Å²) in [6.07, 6.45) is 0. The maximum absolute atomic E-state index is 13.7. The van der Waals surface area contributed by atoms with Crippen LogP contribution in [0.15, 0.2) is 30.3 Å². The van der Waals surface area contributed by atoms with Crippen molar-refractivity contribution in [3.05, 3.63) is 47.5 Å². The van der Waals surface area contributed by atoms with Gasteiger partial charge in [-0.15, -0.1) is 0 Å². The van der Waals surface area contributed by atoms with Crippen molar-refractivity contribution in [1.29, 1.82) is 5.26 Å². The molecule has 0 spiro atoms. The van der Waals surface area contributed by atoms with Gasteiger partial charge in [0.2, 0.25) is 6.79 Å². The first-order valence-corrected chi connectivity index (χ1v) is 5.73. The first-order chi connectivity index (χ1) is 9.67. The van der Waals surface area contributed by atoms with Crippen molar-refractivity contribution in [1.82, 2.24) is 0 Å². The first-order valence-electron chi connectivity index (χ1n) is 5.73. The molecule has 0 amide bonds. The highest BCUT2D eigenvalue weighted by molar-refractivity contribution is 5.65. The van der Waals surface area contributed by atoms with E-state index in [9.17, 15) is 8.78 Å². The molecule has 0 bridgehead atoms. The fourth-order valence-corrected chi connectivity index (χ4v) is 1.88. The van der Waals surface area contributed by atoms with Gasteiger partial charge in [-0.3, -0.25) is 0 Å². The molecule has 0 saturated heterocycles. The first kappa shape index (κ1) is 12.2. The van der Waals surface area contributed by atoms with Crippen LogP contribution in [0.2, 0.25) is 0 Å². The SMILES string of the molecule is N#Cc1cc(F)c(Nc2ccc3c(c2)OCO3)c(F)c1. The zero-order valence-corrected chi connectivity index (χ0v) is 10.1. The van der Waals surface area contributed by atoms with Crippen molar-refractivity contribution in [2.75, 3.05) is 12.1 Å². The second-order valence-electron chi connectivity index (χ2n) is 4.12. The molecule has 0 unspecified atom stereocenters. The van der Waals surface area contributed by atoms with Gasteiger partial charge in [0.1, 0.15) is 5.69 Å². The molecule has 100 valence electrons. The van der Waals surface area contributed by atoms with Crippen LogP contribution in [0.3, 0.4) is 0 Å². The molecule has 1 aliphatic rings. The van der Waals surface area contributed by atoms with Gasteiger partial charge in [0, 0.05) is 11.8 Å². The van der Waals surface area contributed by atoms with E-state index in [2.05, 4.69) is 5.32 Å². The van der Waals surface area contributed by atoms with E-state index >= 15 is 0 Å². The molecule has 4 nitrogen and oxygen atoms in total. The smallest absolute Gasteiger partial charge is 0.231 e. The summed E-state index contributed by atoms with van der Waals surface area (Å²) in [6.45, 7) is 0.123. The third-order valence-electron chi connectivity index (χ3n) is 2.81. The molecule has 1 N–H and O–H groups in total. The Morgan fingerprint density at radius 2 is 1.75 bits per heavy atom. The average molecular weight is 274 g/mol. The third kappa shape index (κ3) is 2.10. The molecular formula is C14H8F2N2O2. The molecule has 0 radical (unpaired) electrons. The number of hydrogen-bond donors (Lipinski definition) is 1. The van der Waals surface area contributed by atoms with Gasteiger partial charge >= 0.3 is 0 Å². The summed E-state index contributed by atoms with van der Waals surface area (Å²) in [4.78, 5) is 0.